The van der Waals surface area contributed by atoms with Crippen LogP contribution >= 0.6 is 0 Å². The summed E-state index contributed by atoms with van der Waals surface area (Å²) >= 11 is 0. The fourth-order valence-electron chi connectivity index (χ4n) is 2.39. The zero-order chi connectivity index (χ0) is 14.7. The van der Waals surface area contributed by atoms with Crippen LogP contribution in [0, 0.1) is 5.82 Å². The van der Waals surface area contributed by atoms with Crippen molar-refractivity contribution >= 4 is 5.65 Å². The maximum Gasteiger partial charge on any atom is 0.137 e. The number of nitrogens with one attached hydrogen (secondary N) is 1. The van der Waals surface area contributed by atoms with Crippen LogP contribution in [0.2, 0.25) is 0 Å². The number of nitrogens with zero attached hydrogens (tertiary/aromatic N) is 2. The molecule has 3 nitrogen and oxygen atoms in total. The van der Waals surface area contributed by atoms with E-state index < -0.39 is 0 Å². The van der Waals surface area contributed by atoms with E-state index in [1.54, 1.807) is 12.1 Å². The van der Waals surface area contributed by atoms with Gasteiger partial charge in [-0.05, 0) is 49.7 Å². The number of imidazole rings is 1. The van der Waals surface area contributed by atoms with E-state index in [1.807, 2.05) is 41.1 Å². The van der Waals surface area contributed by atoms with Crippen LogP contribution in [0.5, 0.6) is 0 Å². The Kier molecular flexibility index (Phi) is 3.97. The van der Waals surface area contributed by atoms with Gasteiger partial charge in [-0.25, -0.2) is 9.37 Å². The molecule has 2 heterocycles. The van der Waals surface area contributed by atoms with Crippen molar-refractivity contribution < 1.29 is 4.39 Å². The molecule has 3 rings (SSSR count). The van der Waals surface area contributed by atoms with Gasteiger partial charge in [-0.2, -0.15) is 0 Å². The zero-order valence-corrected chi connectivity index (χ0v) is 12.0. The minimum atomic E-state index is -0.180. The van der Waals surface area contributed by atoms with Gasteiger partial charge >= 0.3 is 0 Å². The molecule has 0 aliphatic heterocycles. The molecule has 108 valence electrons. The summed E-state index contributed by atoms with van der Waals surface area (Å²) in [6, 6.07) is 12.9. The van der Waals surface area contributed by atoms with Gasteiger partial charge in [0.05, 0.1) is 5.69 Å². The summed E-state index contributed by atoms with van der Waals surface area (Å²) in [7, 11) is 0. The topological polar surface area (TPSA) is 29.3 Å². The van der Waals surface area contributed by atoms with E-state index in [2.05, 4.69) is 17.2 Å². The Morgan fingerprint density at radius 2 is 2.14 bits per heavy atom. The Balaban J connectivity index is 1.60. The quantitative estimate of drug-likeness (QED) is 0.778. The number of fused-ring (bicyclic) bond motifs is 1. The number of halogens is 1. The lowest BCUT2D eigenvalue weighted by Gasteiger charge is -2.11. The number of rotatable bonds is 5. The minimum Gasteiger partial charge on any atom is -0.308 e. The molecule has 0 aliphatic carbocycles. The van der Waals surface area contributed by atoms with Crippen LogP contribution in [-0.2, 0) is 6.42 Å². The SMILES string of the molecule is CC(NCCc1cccc(F)c1)c1cn2ccccc2n1. The molecule has 0 spiro atoms. The van der Waals surface area contributed by atoms with E-state index in [-0.39, 0.29) is 11.9 Å². The third-order valence-electron chi connectivity index (χ3n) is 3.58. The van der Waals surface area contributed by atoms with Crippen molar-refractivity contribution in [3.05, 3.63) is 71.9 Å². The zero-order valence-electron chi connectivity index (χ0n) is 12.0. The smallest absolute Gasteiger partial charge is 0.137 e. The van der Waals surface area contributed by atoms with Gasteiger partial charge in [0.15, 0.2) is 0 Å². The second kappa shape index (κ2) is 6.06. The molecule has 0 saturated heterocycles. The Hall–Kier alpha value is -2.20. The molecule has 0 radical (unpaired) electrons. The monoisotopic (exact) mass is 283 g/mol. The van der Waals surface area contributed by atoms with Crippen molar-refractivity contribution in [1.82, 2.24) is 14.7 Å². The highest BCUT2D eigenvalue weighted by Gasteiger charge is 2.09. The molecule has 3 aromatic rings. The van der Waals surface area contributed by atoms with Gasteiger partial charge in [-0.3, -0.25) is 0 Å². The molecular formula is C17H18FN3. The van der Waals surface area contributed by atoms with E-state index in [1.165, 1.54) is 6.07 Å². The van der Waals surface area contributed by atoms with E-state index in [0.29, 0.717) is 0 Å². The normalized spacial score (nSPS) is 12.7. The number of hydrogen-bond donors (Lipinski definition) is 1. The average molecular weight is 283 g/mol. The van der Waals surface area contributed by atoms with Crippen molar-refractivity contribution in [1.29, 1.82) is 0 Å². The third kappa shape index (κ3) is 3.28. The van der Waals surface area contributed by atoms with Crippen LogP contribution in [0.25, 0.3) is 5.65 Å². The first kappa shape index (κ1) is 13.8. The van der Waals surface area contributed by atoms with Gasteiger partial charge in [0.2, 0.25) is 0 Å². The Labute approximate surface area is 123 Å². The maximum atomic E-state index is 13.1. The first-order valence-electron chi connectivity index (χ1n) is 7.14. The summed E-state index contributed by atoms with van der Waals surface area (Å²) in [5.74, 6) is -0.180. The highest BCUT2D eigenvalue weighted by atomic mass is 19.1. The average Bonchev–Trinajstić information content (AvgIpc) is 2.91. The van der Waals surface area contributed by atoms with Crippen molar-refractivity contribution in [2.45, 2.75) is 19.4 Å². The van der Waals surface area contributed by atoms with Crippen molar-refractivity contribution in [3.63, 3.8) is 0 Å². The summed E-state index contributed by atoms with van der Waals surface area (Å²) in [6.07, 6.45) is 4.83. The van der Waals surface area contributed by atoms with Crippen LogP contribution in [0.1, 0.15) is 24.2 Å². The van der Waals surface area contributed by atoms with Gasteiger partial charge in [-0.15, -0.1) is 0 Å². The van der Waals surface area contributed by atoms with E-state index in [4.69, 9.17) is 0 Å². The lowest BCUT2D eigenvalue weighted by molar-refractivity contribution is 0.565. The fourth-order valence-corrected chi connectivity index (χ4v) is 2.39. The van der Waals surface area contributed by atoms with E-state index in [0.717, 1.165) is 29.9 Å². The van der Waals surface area contributed by atoms with Crippen LogP contribution in [0.4, 0.5) is 4.39 Å². The summed E-state index contributed by atoms with van der Waals surface area (Å²) in [5.41, 5.74) is 2.97. The molecule has 1 aromatic carbocycles. The second-order valence-electron chi connectivity index (χ2n) is 5.19. The minimum absolute atomic E-state index is 0.165. The predicted molar refractivity (Wildman–Crippen MR) is 81.7 cm³/mol. The van der Waals surface area contributed by atoms with Crippen LogP contribution in [0.3, 0.4) is 0 Å². The summed E-state index contributed by atoms with van der Waals surface area (Å²) in [6.45, 7) is 2.88. The highest BCUT2D eigenvalue weighted by molar-refractivity contribution is 5.39. The lowest BCUT2D eigenvalue weighted by atomic mass is 10.1. The molecule has 0 fully saturated rings. The Bertz CT molecular complexity index is 702. The molecule has 0 bridgehead atoms. The van der Waals surface area contributed by atoms with Gasteiger partial charge in [0.25, 0.3) is 0 Å². The van der Waals surface area contributed by atoms with Crippen molar-refractivity contribution in [2.75, 3.05) is 6.54 Å². The summed E-state index contributed by atoms with van der Waals surface area (Å²) < 4.78 is 15.1. The van der Waals surface area contributed by atoms with Crippen molar-refractivity contribution in [2.24, 2.45) is 0 Å². The van der Waals surface area contributed by atoms with Gasteiger partial charge in [-0.1, -0.05) is 18.2 Å². The largest absolute Gasteiger partial charge is 0.308 e. The maximum absolute atomic E-state index is 13.1. The number of pyridine rings is 1. The molecule has 4 heteroatoms. The van der Waals surface area contributed by atoms with Gasteiger partial charge < -0.3 is 9.72 Å². The first-order chi connectivity index (χ1) is 10.2. The standard InChI is InChI=1S/C17H18FN3/c1-13(16-12-21-10-3-2-7-17(21)20-16)19-9-8-14-5-4-6-15(18)11-14/h2-7,10-13,19H,8-9H2,1H3. The Morgan fingerprint density at radius 1 is 1.24 bits per heavy atom. The molecule has 21 heavy (non-hydrogen) atoms. The van der Waals surface area contributed by atoms with Gasteiger partial charge in [0.1, 0.15) is 11.5 Å². The number of aromatic nitrogens is 2. The van der Waals surface area contributed by atoms with Crippen molar-refractivity contribution in [3.8, 4) is 0 Å². The lowest BCUT2D eigenvalue weighted by Crippen LogP contribution is -2.21. The van der Waals surface area contributed by atoms with Crippen LogP contribution in [-0.4, -0.2) is 15.9 Å². The van der Waals surface area contributed by atoms with Crippen LogP contribution in [0.15, 0.2) is 54.9 Å². The fraction of sp³-hybridized carbons (Fsp3) is 0.235. The first-order valence-corrected chi connectivity index (χ1v) is 7.14. The molecular weight excluding hydrogens is 265 g/mol. The number of benzene rings is 1. The van der Waals surface area contributed by atoms with E-state index >= 15 is 0 Å². The van der Waals surface area contributed by atoms with E-state index in [9.17, 15) is 4.39 Å². The molecule has 2 aromatic heterocycles. The van der Waals surface area contributed by atoms with Gasteiger partial charge in [0, 0.05) is 18.4 Å². The number of hydrogen-bond acceptors (Lipinski definition) is 2. The summed E-state index contributed by atoms with van der Waals surface area (Å²) in [5, 5.41) is 3.43. The molecule has 0 aliphatic rings. The molecule has 1 N–H and O–H groups in total. The Morgan fingerprint density at radius 3 is 2.95 bits per heavy atom. The highest BCUT2D eigenvalue weighted by Crippen LogP contribution is 2.13. The molecule has 1 atom stereocenters. The third-order valence-corrected chi connectivity index (χ3v) is 3.58. The molecule has 0 amide bonds. The molecule has 1 unspecified atom stereocenters. The predicted octanol–water partition coefficient (Wildman–Crippen LogP) is 3.37. The second-order valence-corrected chi connectivity index (χ2v) is 5.19. The molecule has 0 saturated carbocycles. The summed E-state index contributed by atoms with van der Waals surface area (Å²) in [4.78, 5) is 4.59. The van der Waals surface area contributed by atoms with Crippen LogP contribution < -0.4 is 5.32 Å².